The van der Waals surface area contributed by atoms with Gasteiger partial charge in [-0.1, -0.05) is 0 Å². The van der Waals surface area contributed by atoms with Crippen molar-refractivity contribution in [3.63, 3.8) is 0 Å². The number of carbonyl (C=O) groups excluding carboxylic acids is 1. The normalized spacial score (nSPS) is 30.5. The van der Waals surface area contributed by atoms with Crippen molar-refractivity contribution >= 4 is 5.91 Å². The van der Waals surface area contributed by atoms with Crippen molar-refractivity contribution in [2.75, 3.05) is 20.1 Å². The minimum absolute atomic E-state index is 0.250. The van der Waals surface area contributed by atoms with Gasteiger partial charge in [0, 0.05) is 13.0 Å². The van der Waals surface area contributed by atoms with Crippen molar-refractivity contribution in [2.45, 2.75) is 32.1 Å². The van der Waals surface area contributed by atoms with E-state index in [1.165, 1.54) is 19.3 Å². The third-order valence-corrected chi connectivity index (χ3v) is 3.98. The molecule has 0 unspecified atom stereocenters. The van der Waals surface area contributed by atoms with Gasteiger partial charge < -0.3 is 10.6 Å². The molecule has 3 heteroatoms. The molecule has 1 saturated carbocycles. The van der Waals surface area contributed by atoms with E-state index in [0.717, 1.165) is 25.9 Å². The predicted octanol–water partition coefficient (Wildman–Crippen LogP) is 0.902. The third kappa shape index (κ3) is 1.78. The average Bonchev–Trinajstić information content (AvgIpc) is 2.62. The molecule has 1 amide bonds. The van der Waals surface area contributed by atoms with Crippen molar-refractivity contribution in [1.82, 2.24) is 10.6 Å². The van der Waals surface area contributed by atoms with Crippen molar-refractivity contribution < 1.29 is 4.79 Å². The summed E-state index contributed by atoms with van der Waals surface area (Å²) < 4.78 is 0. The van der Waals surface area contributed by atoms with Crippen molar-refractivity contribution in [1.29, 1.82) is 0 Å². The largest absolute Gasteiger partial charge is 0.359 e. The molecule has 2 fully saturated rings. The van der Waals surface area contributed by atoms with Crippen molar-refractivity contribution in [2.24, 2.45) is 11.3 Å². The smallest absolute Gasteiger partial charge is 0.222 e. The zero-order chi connectivity index (χ0) is 10.0. The van der Waals surface area contributed by atoms with Crippen LogP contribution < -0.4 is 10.6 Å². The summed E-state index contributed by atoms with van der Waals surface area (Å²) in [5.74, 6) is 0.540. The van der Waals surface area contributed by atoms with Gasteiger partial charge in [-0.15, -0.1) is 0 Å². The van der Waals surface area contributed by atoms with Crippen LogP contribution in [0.3, 0.4) is 0 Å². The molecule has 2 rings (SSSR count). The van der Waals surface area contributed by atoms with E-state index in [0.29, 0.717) is 5.41 Å². The van der Waals surface area contributed by atoms with Gasteiger partial charge >= 0.3 is 0 Å². The number of nitrogens with one attached hydrogen (secondary N) is 2. The summed E-state index contributed by atoms with van der Waals surface area (Å²) in [6.07, 6.45) is 6.00. The van der Waals surface area contributed by atoms with Crippen LogP contribution in [-0.2, 0) is 4.79 Å². The molecule has 0 bridgehead atoms. The Morgan fingerprint density at radius 3 is 2.71 bits per heavy atom. The van der Waals surface area contributed by atoms with Gasteiger partial charge in [0.1, 0.15) is 0 Å². The lowest BCUT2D eigenvalue weighted by molar-refractivity contribution is -0.124. The number of amides is 1. The topological polar surface area (TPSA) is 41.1 Å². The predicted molar refractivity (Wildman–Crippen MR) is 55.9 cm³/mol. The first-order valence-corrected chi connectivity index (χ1v) is 5.68. The van der Waals surface area contributed by atoms with E-state index in [1.807, 2.05) is 0 Å². The molecule has 2 aliphatic rings. The van der Waals surface area contributed by atoms with Gasteiger partial charge in [-0.05, 0) is 50.6 Å². The molecular weight excluding hydrogens is 176 g/mol. The van der Waals surface area contributed by atoms with Crippen LogP contribution in [0.15, 0.2) is 0 Å². The number of hydrogen-bond acceptors (Lipinski definition) is 2. The fraction of sp³-hybridized carbons (Fsp3) is 0.909. The maximum absolute atomic E-state index is 11.5. The van der Waals surface area contributed by atoms with Crippen LogP contribution in [-0.4, -0.2) is 26.0 Å². The molecular formula is C11H20N2O. The van der Waals surface area contributed by atoms with Gasteiger partial charge in [-0.2, -0.15) is 0 Å². The fourth-order valence-electron chi connectivity index (χ4n) is 3.05. The quantitative estimate of drug-likeness (QED) is 0.654. The van der Waals surface area contributed by atoms with E-state index >= 15 is 0 Å². The minimum atomic E-state index is 0.250. The highest BCUT2D eigenvalue weighted by atomic mass is 16.1. The second kappa shape index (κ2) is 3.89. The van der Waals surface area contributed by atoms with Gasteiger partial charge in [-0.3, -0.25) is 4.79 Å². The van der Waals surface area contributed by atoms with Crippen LogP contribution in [0.4, 0.5) is 0 Å². The number of rotatable bonds is 1. The molecule has 0 aromatic carbocycles. The maximum atomic E-state index is 11.5. The summed E-state index contributed by atoms with van der Waals surface area (Å²) >= 11 is 0. The summed E-state index contributed by atoms with van der Waals surface area (Å²) in [6, 6.07) is 0. The Hall–Kier alpha value is -0.570. The molecule has 1 aliphatic heterocycles. The summed E-state index contributed by atoms with van der Waals surface area (Å²) in [5.41, 5.74) is 0.502. The standard InChI is InChI=1S/C11H20N2O/c1-12-10(14)9-2-3-11(8-9)4-6-13-7-5-11/h9,13H,2-8H2,1H3,(H,12,14)/t9-/m1/s1. The van der Waals surface area contributed by atoms with Crippen molar-refractivity contribution in [3.8, 4) is 0 Å². The second-order valence-electron chi connectivity index (χ2n) is 4.80. The van der Waals surface area contributed by atoms with E-state index in [9.17, 15) is 4.79 Å². The molecule has 14 heavy (non-hydrogen) atoms. The number of piperidine rings is 1. The Morgan fingerprint density at radius 2 is 2.07 bits per heavy atom. The van der Waals surface area contributed by atoms with Gasteiger partial charge in [0.25, 0.3) is 0 Å². The Labute approximate surface area is 85.6 Å². The summed E-state index contributed by atoms with van der Waals surface area (Å²) in [5, 5.41) is 6.17. The molecule has 1 aliphatic carbocycles. The summed E-state index contributed by atoms with van der Waals surface area (Å²) in [6.45, 7) is 2.28. The van der Waals surface area contributed by atoms with Gasteiger partial charge in [0.2, 0.25) is 5.91 Å². The van der Waals surface area contributed by atoms with Crippen LogP contribution in [0, 0.1) is 11.3 Å². The van der Waals surface area contributed by atoms with Crippen molar-refractivity contribution in [3.05, 3.63) is 0 Å². The molecule has 2 N–H and O–H groups in total. The fourth-order valence-corrected chi connectivity index (χ4v) is 3.05. The molecule has 80 valence electrons. The lowest BCUT2D eigenvalue weighted by Crippen LogP contribution is -2.36. The SMILES string of the molecule is CNC(=O)[C@@H]1CCC2(CCNCC2)C1. The average molecular weight is 196 g/mol. The van der Waals surface area contributed by atoms with Gasteiger partial charge in [0.05, 0.1) is 0 Å². The number of hydrogen-bond donors (Lipinski definition) is 2. The molecule has 0 aromatic heterocycles. The minimum Gasteiger partial charge on any atom is -0.359 e. The molecule has 1 atom stereocenters. The zero-order valence-electron chi connectivity index (χ0n) is 8.94. The first-order chi connectivity index (χ1) is 6.76. The Kier molecular flexibility index (Phi) is 2.77. The third-order valence-electron chi connectivity index (χ3n) is 3.98. The highest BCUT2D eigenvalue weighted by Crippen LogP contribution is 2.47. The first kappa shape index (κ1) is 9.97. The molecule has 0 radical (unpaired) electrons. The van der Waals surface area contributed by atoms with Crippen LogP contribution in [0.25, 0.3) is 0 Å². The molecule has 1 heterocycles. The maximum Gasteiger partial charge on any atom is 0.222 e. The van der Waals surface area contributed by atoms with E-state index in [4.69, 9.17) is 0 Å². The number of carbonyl (C=O) groups is 1. The first-order valence-electron chi connectivity index (χ1n) is 5.68. The van der Waals surface area contributed by atoms with E-state index < -0.39 is 0 Å². The van der Waals surface area contributed by atoms with E-state index in [-0.39, 0.29) is 11.8 Å². The summed E-state index contributed by atoms with van der Waals surface area (Å²) in [7, 11) is 1.75. The zero-order valence-corrected chi connectivity index (χ0v) is 8.94. The van der Waals surface area contributed by atoms with E-state index in [1.54, 1.807) is 7.05 Å². The Balaban J connectivity index is 1.95. The van der Waals surface area contributed by atoms with Gasteiger partial charge in [-0.25, -0.2) is 0 Å². The van der Waals surface area contributed by atoms with E-state index in [2.05, 4.69) is 10.6 Å². The molecule has 1 saturated heterocycles. The molecule has 3 nitrogen and oxygen atoms in total. The Morgan fingerprint density at radius 1 is 1.36 bits per heavy atom. The van der Waals surface area contributed by atoms with Crippen LogP contribution in [0.2, 0.25) is 0 Å². The molecule has 1 spiro atoms. The summed E-state index contributed by atoms with van der Waals surface area (Å²) in [4.78, 5) is 11.5. The van der Waals surface area contributed by atoms with Crippen LogP contribution in [0.5, 0.6) is 0 Å². The Bertz CT molecular complexity index is 221. The lowest BCUT2D eigenvalue weighted by Gasteiger charge is -2.33. The van der Waals surface area contributed by atoms with Crippen LogP contribution in [0.1, 0.15) is 32.1 Å². The highest BCUT2D eigenvalue weighted by Gasteiger charge is 2.41. The highest BCUT2D eigenvalue weighted by molar-refractivity contribution is 5.78. The van der Waals surface area contributed by atoms with Crippen LogP contribution >= 0.6 is 0 Å². The monoisotopic (exact) mass is 196 g/mol. The van der Waals surface area contributed by atoms with Gasteiger partial charge in [0.15, 0.2) is 0 Å². The lowest BCUT2D eigenvalue weighted by atomic mass is 9.77. The second-order valence-corrected chi connectivity index (χ2v) is 4.80. The molecule has 0 aromatic rings.